The smallest absolute Gasteiger partial charge is 0.247 e. The quantitative estimate of drug-likeness (QED) is 0.828. The second-order valence-electron chi connectivity index (χ2n) is 4.19. The van der Waals surface area contributed by atoms with E-state index in [1.54, 1.807) is 0 Å². The summed E-state index contributed by atoms with van der Waals surface area (Å²) in [6, 6.07) is 4.67. The molecule has 96 valence electrons. The van der Waals surface area contributed by atoms with Gasteiger partial charge in [0.15, 0.2) is 0 Å². The molecule has 1 aromatic carbocycles. The second-order valence-corrected chi connectivity index (χ2v) is 4.19. The Morgan fingerprint density at radius 2 is 2.11 bits per heavy atom. The fourth-order valence-corrected chi connectivity index (χ4v) is 1.67. The number of aromatic nitrogens is 2. The fraction of sp³-hybridized carbons (Fsp3) is 0.385. The Bertz CT molecular complexity index is 504. The lowest BCUT2D eigenvalue weighted by Gasteiger charge is -1.99. The van der Waals surface area contributed by atoms with E-state index in [1.165, 1.54) is 12.1 Å². The molecule has 0 radical (unpaired) electrons. The Hall–Kier alpha value is -1.75. The van der Waals surface area contributed by atoms with Crippen LogP contribution in [0, 0.1) is 12.7 Å². The summed E-state index contributed by atoms with van der Waals surface area (Å²) >= 11 is 0. The van der Waals surface area contributed by atoms with Gasteiger partial charge in [-0.1, -0.05) is 6.92 Å². The van der Waals surface area contributed by atoms with Crippen molar-refractivity contribution < 1.29 is 8.81 Å². The maximum Gasteiger partial charge on any atom is 0.247 e. The number of halogens is 1. The average molecular weight is 249 g/mol. The van der Waals surface area contributed by atoms with Crippen LogP contribution in [0.15, 0.2) is 22.6 Å². The van der Waals surface area contributed by atoms with Crippen LogP contribution in [0.5, 0.6) is 0 Å². The molecule has 0 amide bonds. The lowest BCUT2D eigenvalue weighted by atomic mass is 10.1. The van der Waals surface area contributed by atoms with Gasteiger partial charge in [0, 0.05) is 5.56 Å². The van der Waals surface area contributed by atoms with Crippen molar-refractivity contribution in [1.82, 2.24) is 15.5 Å². The molecule has 1 heterocycles. The molecule has 0 atom stereocenters. The lowest BCUT2D eigenvalue weighted by Crippen LogP contribution is -2.13. The van der Waals surface area contributed by atoms with Gasteiger partial charge in [0.2, 0.25) is 11.8 Å². The second kappa shape index (κ2) is 5.73. The summed E-state index contributed by atoms with van der Waals surface area (Å²) in [6.45, 7) is 5.35. The molecule has 0 fully saturated rings. The molecule has 0 unspecified atom stereocenters. The molecule has 18 heavy (non-hydrogen) atoms. The van der Waals surface area contributed by atoms with E-state index >= 15 is 0 Å². The molecule has 2 aromatic rings. The summed E-state index contributed by atoms with van der Waals surface area (Å²) in [7, 11) is 0. The van der Waals surface area contributed by atoms with E-state index in [2.05, 4.69) is 22.4 Å². The highest BCUT2D eigenvalue weighted by Gasteiger charge is 2.09. The van der Waals surface area contributed by atoms with Crippen LogP contribution in [0.1, 0.15) is 24.8 Å². The molecule has 4 nitrogen and oxygen atoms in total. The van der Waals surface area contributed by atoms with Crippen molar-refractivity contribution in [3.63, 3.8) is 0 Å². The van der Waals surface area contributed by atoms with Crippen LogP contribution in [0.3, 0.4) is 0 Å². The van der Waals surface area contributed by atoms with Crippen molar-refractivity contribution in [1.29, 1.82) is 0 Å². The number of nitrogens with one attached hydrogen (secondary N) is 1. The molecule has 1 N–H and O–H groups in total. The molecule has 5 heteroatoms. The first-order valence-corrected chi connectivity index (χ1v) is 5.99. The molecule has 0 bridgehead atoms. The molecule has 0 aliphatic carbocycles. The van der Waals surface area contributed by atoms with E-state index in [0.717, 1.165) is 18.5 Å². The summed E-state index contributed by atoms with van der Waals surface area (Å²) in [6.07, 6.45) is 1.05. The topological polar surface area (TPSA) is 51.0 Å². The van der Waals surface area contributed by atoms with Crippen molar-refractivity contribution >= 4 is 0 Å². The Morgan fingerprint density at radius 1 is 1.28 bits per heavy atom. The molecular weight excluding hydrogens is 233 g/mol. The van der Waals surface area contributed by atoms with Crippen LogP contribution >= 0.6 is 0 Å². The summed E-state index contributed by atoms with van der Waals surface area (Å²) in [4.78, 5) is 0. The van der Waals surface area contributed by atoms with E-state index in [0.29, 0.717) is 23.9 Å². The van der Waals surface area contributed by atoms with Gasteiger partial charge in [-0.25, -0.2) is 4.39 Å². The zero-order valence-electron chi connectivity index (χ0n) is 10.5. The third kappa shape index (κ3) is 3.13. The standard InChI is InChI=1S/C13H16FN3O/c1-3-4-15-8-12-16-17-13(18-12)10-5-9(2)6-11(14)7-10/h5-7,15H,3-4,8H2,1-2H3. The Labute approximate surface area is 105 Å². The van der Waals surface area contributed by atoms with Gasteiger partial charge in [0.05, 0.1) is 6.54 Å². The maximum atomic E-state index is 13.3. The highest BCUT2D eigenvalue weighted by atomic mass is 19.1. The number of hydrogen-bond donors (Lipinski definition) is 1. The average Bonchev–Trinajstić information content (AvgIpc) is 2.77. The summed E-state index contributed by atoms with van der Waals surface area (Å²) < 4.78 is 18.7. The van der Waals surface area contributed by atoms with Crippen molar-refractivity contribution in [3.8, 4) is 11.5 Å². The van der Waals surface area contributed by atoms with Crippen molar-refractivity contribution in [2.45, 2.75) is 26.8 Å². The van der Waals surface area contributed by atoms with Crippen LogP contribution in [0.4, 0.5) is 4.39 Å². The van der Waals surface area contributed by atoms with Crippen LogP contribution in [-0.2, 0) is 6.54 Å². The Balaban J connectivity index is 2.13. The van der Waals surface area contributed by atoms with Crippen LogP contribution < -0.4 is 5.32 Å². The normalized spacial score (nSPS) is 10.8. The minimum Gasteiger partial charge on any atom is -0.419 e. The van der Waals surface area contributed by atoms with Gasteiger partial charge >= 0.3 is 0 Å². The largest absolute Gasteiger partial charge is 0.419 e. The third-order valence-corrected chi connectivity index (χ3v) is 2.46. The van der Waals surface area contributed by atoms with Crippen molar-refractivity contribution in [3.05, 3.63) is 35.5 Å². The lowest BCUT2D eigenvalue weighted by molar-refractivity contribution is 0.477. The molecular formula is C13H16FN3O. The van der Waals surface area contributed by atoms with E-state index in [-0.39, 0.29) is 5.82 Å². The van der Waals surface area contributed by atoms with Gasteiger partial charge < -0.3 is 9.73 Å². The highest BCUT2D eigenvalue weighted by Crippen LogP contribution is 2.20. The number of benzene rings is 1. The van der Waals surface area contributed by atoms with Crippen LogP contribution in [-0.4, -0.2) is 16.7 Å². The predicted octanol–water partition coefficient (Wildman–Crippen LogP) is 2.68. The van der Waals surface area contributed by atoms with Gasteiger partial charge in [0.1, 0.15) is 5.82 Å². The SMILES string of the molecule is CCCNCc1nnc(-c2cc(C)cc(F)c2)o1. The predicted molar refractivity (Wildman–Crippen MR) is 66.4 cm³/mol. The van der Waals surface area contributed by atoms with Crippen LogP contribution in [0.2, 0.25) is 0 Å². The molecule has 2 rings (SSSR count). The van der Waals surface area contributed by atoms with Crippen molar-refractivity contribution in [2.75, 3.05) is 6.54 Å². The maximum absolute atomic E-state index is 13.3. The first kappa shape index (κ1) is 12.7. The van der Waals surface area contributed by atoms with Gasteiger partial charge in [-0.3, -0.25) is 0 Å². The zero-order chi connectivity index (χ0) is 13.0. The summed E-state index contributed by atoms with van der Waals surface area (Å²) in [5.41, 5.74) is 1.44. The zero-order valence-corrected chi connectivity index (χ0v) is 10.5. The third-order valence-electron chi connectivity index (χ3n) is 2.46. The number of hydrogen-bond acceptors (Lipinski definition) is 4. The highest BCUT2D eigenvalue weighted by molar-refractivity contribution is 5.53. The fourth-order valence-electron chi connectivity index (χ4n) is 1.67. The minimum atomic E-state index is -0.297. The molecule has 0 saturated carbocycles. The Kier molecular flexibility index (Phi) is 4.04. The molecule has 0 spiro atoms. The number of aryl methyl sites for hydroxylation is 1. The summed E-state index contributed by atoms with van der Waals surface area (Å²) in [5, 5.41) is 11.0. The monoisotopic (exact) mass is 249 g/mol. The van der Waals surface area contributed by atoms with Gasteiger partial charge in [0.25, 0.3) is 0 Å². The number of nitrogens with zero attached hydrogens (tertiary/aromatic N) is 2. The van der Waals surface area contributed by atoms with Gasteiger partial charge in [-0.2, -0.15) is 0 Å². The first-order chi connectivity index (χ1) is 8.69. The van der Waals surface area contributed by atoms with E-state index in [4.69, 9.17) is 4.42 Å². The summed E-state index contributed by atoms with van der Waals surface area (Å²) in [5.74, 6) is 0.570. The van der Waals surface area contributed by atoms with Gasteiger partial charge in [-0.05, 0) is 43.7 Å². The molecule has 0 aliphatic heterocycles. The van der Waals surface area contributed by atoms with Crippen LogP contribution in [0.25, 0.3) is 11.5 Å². The Morgan fingerprint density at radius 3 is 2.83 bits per heavy atom. The minimum absolute atomic E-state index is 0.297. The van der Waals surface area contributed by atoms with E-state index in [1.807, 2.05) is 13.0 Å². The first-order valence-electron chi connectivity index (χ1n) is 5.99. The van der Waals surface area contributed by atoms with E-state index in [9.17, 15) is 4.39 Å². The van der Waals surface area contributed by atoms with E-state index < -0.39 is 0 Å². The molecule has 0 saturated heterocycles. The number of rotatable bonds is 5. The van der Waals surface area contributed by atoms with Crippen molar-refractivity contribution in [2.24, 2.45) is 0 Å². The molecule has 1 aromatic heterocycles. The van der Waals surface area contributed by atoms with Gasteiger partial charge in [-0.15, -0.1) is 10.2 Å². The molecule has 0 aliphatic rings.